The van der Waals surface area contributed by atoms with E-state index in [2.05, 4.69) is 0 Å². The average Bonchev–Trinajstić information content (AvgIpc) is 3.53. The third-order valence-electron chi connectivity index (χ3n) is 5.28. The van der Waals surface area contributed by atoms with Crippen molar-refractivity contribution in [1.82, 2.24) is 4.90 Å². The lowest BCUT2D eigenvalue weighted by atomic mass is 10.0. The van der Waals surface area contributed by atoms with Gasteiger partial charge in [-0.25, -0.2) is 8.42 Å². The molecule has 0 spiro atoms. The van der Waals surface area contributed by atoms with E-state index >= 15 is 0 Å². The Morgan fingerprint density at radius 1 is 1.15 bits per heavy atom. The summed E-state index contributed by atoms with van der Waals surface area (Å²) in [6.07, 6.45) is -4.91. The predicted octanol–water partition coefficient (Wildman–Crippen LogP) is 4.28. The Labute approximate surface area is 198 Å². The average molecular weight is 520 g/mol. The summed E-state index contributed by atoms with van der Waals surface area (Å²) in [5.74, 6) is -2.27. The molecule has 1 fully saturated rings. The number of nitrogens with two attached hydrogens (primary N) is 1. The SMILES string of the molecule is N#CC1(N(C(=O)[C@@H](N)CS(=O)(=O)c2ccc(Cl)c(Cl)c2)[C@@H](c2ccccc2)C(F)(F)F)CC1. The maximum Gasteiger partial charge on any atom is 0.413 e. The largest absolute Gasteiger partial charge is 0.413 e. The molecule has 0 aliphatic heterocycles. The number of sulfone groups is 1. The van der Waals surface area contributed by atoms with Gasteiger partial charge in [0.25, 0.3) is 0 Å². The first kappa shape index (κ1) is 25.3. The van der Waals surface area contributed by atoms with Crippen molar-refractivity contribution >= 4 is 38.9 Å². The molecule has 6 nitrogen and oxygen atoms in total. The van der Waals surface area contributed by atoms with E-state index in [4.69, 9.17) is 28.9 Å². The molecule has 0 bridgehead atoms. The fraction of sp³-hybridized carbons (Fsp3) is 0.333. The third-order valence-corrected chi connectivity index (χ3v) is 7.79. The number of carbonyl (C=O) groups is 1. The van der Waals surface area contributed by atoms with Gasteiger partial charge >= 0.3 is 6.18 Å². The van der Waals surface area contributed by atoms with Crippen LogP contribution in [0.25, 0.3) is 0 Å². The van der Waals surface area contributed by atoms with Gasteiger partial charge in [-0.15, -0.1) is 0 Å². The van der Waals surface area contributed by atoms with E-state index in [0.717, 1.165) is 12.1 Å². The molecule has 2 atom stereocenters. The Morgan fingerprint density at radius 2 is 1.76 bits per heavy atom. The first-order valence-electron chi connectivity index (χ1n) is 9.62. The van der Waals surface area contributed by atoms with Crippen LogP contribution in [-0.2, 0) is 14.6 Å². The number of alkyl halides is 3. The molecule has 0 heterocycles. The fourth-order valence-electron chi connectivity index (χ4n) is 3.48. The lowest BCUT2D eigenvalue weighted by Crippen LogP contribution is -2.56. The number of hydrogen-bond acceptors (Lipinski definition) is 5. The molecule has 1 aliphatic carbocycles. The second-order valence-corrected chi connectivity index (χ2v) is 10.5. The van der Waals surface area contributed by atoms with Crippen LogP contribution >= 0.6 is 23.2 Å². The van der Waals surface area contributed by atoms with Gasteiger partial charge in [0.1, 0.15) is 5.54 Å². The van der Waals surface area contributed by atoms with E-state index in [0.29, 0.717) is 4.90 Å². The van der Waals surface area contributed by atoms with Crippen LogP contribution in [0.4, 0.5) is 13.2 Å². The molecule has 0 aromatic heterocycles. The third kappa shape index (κ3) is 5.27. The molecular formula is C21H18Cl2F3N3O3S. The van der Waals surface area contributed by atoms with Crippen molar-refractivity contribution in [3.05, 3.63) is 64.1 Å². The van der Waals surface area contributed by atoms with Gasteiger partial charge in [0, 0.05) is 0 Å². The molecule has 3 rings (SSSR count). The molecule has 2 aromatic rings. The van der Waals surface area contributed by atoms with Crippen molar-refractivity contribution in [3.63, 3.8) is 0 Å². The van der Waals surface area contributed by atoms with Crippen LogP contribution in [0, 0.1) is 11.3 Å². The van der Waals surface area contributed by atoms with Gasteiger partial charge < -0.3 is 10.6 Å². The first-order chi connectivity index (χ1) is 15.3. The molecule has 176 valence electrons. The minimum absolute atomic E-state index is 0.0148. The maximum atomic E-state index is 14.2. The summed E-state index contributed by atoms with van der Waals surface area (Å²) >= 11 is 11.6. The van der Waals surface area contributed by atoms with Crippen LogP contribution in [0.2, 0.25) is 10.0 Å². The quantitative estimate of drug-likeness (QED) is 0.587. The topological polar surface area (TPSA) is 104 Å². The van der Waals surface area contributed by atoms with Crippen LogP contribution < -0.4 is 5.73 Å². The molecule has 2 aromatic carbocycles. The van der Waals surface area contributed by atoms with Crippen molar-refractivity contribution < 1.29 is 26.4 Å². The van der Waals surface area contributed by atoms with E-state index in [1.54, 1.807) is 6.07 Å². The Balaban J connectivity index is 1.99. The normalized spacial score (nSPS) is 17.0. The van der Waals surface area contributed by atoms with Gasteiger partial charge in [-0.05, 0) is 36.6 Å². The highest BCUT2D eigenvalue weighted by Crippen LogP contribution is 2.50. The highest BCUT2D eigenvalue weighted by Gasteiger charge is 2.60. The molecule has 0 radical (unpaired) electrons. The van der Waals surface area contributed by atoms with Crippen LogP contribution in [-0.4, -0.2) is 42.7 Å². The summed E-state index contributed by atoms with van der Waals surface area (Å²) in [7, 11) is -4.21. The number of hydrogen-bond donors (Lipinski definition) is 1. The summed E-state index contributed by atoms with van der Waals surface area (Å²) in [6.45, 7) is 0. The van der Waals surface area contributed by atoms with Crippen LogP contribution in [0.3, 0.4) is 0 Å². The lowest BCUT2D eigenvalue weighted by molar-refractivity contribution is -0.197. The number of nitriles is 1. The highest BCUT2D eigenvalue weighted by atomic mass is 35.5. The van der Waals surface area contributed by atoms with Gasteiger partial charge in [0.2, 0.25) is 5.91 Å². The maximum absolute atomic E-state index is 14.2. The van der Waals surface area contributed by atoms with Gasteiger partial charge in [0.15, 0.2) is 15.9 Å². The molecule has 1 aliphatic rings. The molecule has 2 N–H and O–H groups in total. The van der Waals surface area contributed by atoms with Gasteiger partial charge in [-0.2, -0.15) is 18.4 Å². The summed E-state index contributed by atoms with van der Waals surface area (Å²) in [6, 6.07) is 7.54. The molecule has 1 amide bonds. The molecule has 33 heavy (non-hydrogen) atoms. The number of nitrogens with zero attached hydrogens (tertiary/aromatic N) is 2. The highest BCUT2D eigenvalue weighted by molar-refractivity contribution is 7.91. The minimum atomic E-state index is -4.94. The Kier molecular flexibility index (Phi) is 7.01. The molecular weight excluding hydrogens is 502 g/mol. The van der Waals surface area contributed by atoms with Crippen LogP contribution in [0.1, 0.15) is 24.4 Å². The lowest BCUT2D eigenvalue weighted by Gasteiger charge is -2.38. The predicted molar refractivity (Wildman–Crippen MR) is 116 cm³/mol. The van der Waals surface area contributed by atoms with Crippen molar-refractivity contribution in [1.29, 1.82) is 5.26 Å². The summed E-state index contributed by atoms with van der Waals surface area (Å²) in [5.41, 5.74) is 3.85. The second-order valence-electron chi connectivity index (χ2n) is 7.67. The van der Waals surface area contributed by atoms with E-state index in [-0.39, 0.29) is 33.3 Å². The molecule has 0 saturated heterocycles. The van der Waals surface area contributed by atoms with E-state index < -0.39 is 45.3 Å². The van der Waals surface area contributed by atoms with Crippen molar-refractivity contribution in [3.8, 4) is 6.07 Å². The van der Waals surface area contributed by atoms with Crippen molar-refractivity contribution in [2.75, 3.05) is 5.75 Å². The number of rotatable bonds is 7. The fourth-order valence-corrected chi connectivity index (χ4v) is 5.23. The second kappa shape index (κ2) is 9.14. The summed E-state index contributed by atoms with van der Waals surface area (Å²) in [4.78, 5) is 13.3. The number of benzene rings is 2. The summed E-state index contributed by atoms with van der Waals surface area (Å²) in [5, 5.41) is 9.63. The standard InChI is InChI=1S/C21H18Cl2F3N3O3S/c22-15-7-6-14(10-16(15)23)33(31,32)11-17(28)19(30)29(20(12-27)8-9-20)18(21(24,25)26)13-4-2-1-3-5-13/h1-7,10,17-18H,8-9,11,28H2/t17-,18-/m0/s1. The first-order valence-corrected chi connectivity index (χ1v) is 12.0. The number of amides is 1. The zero-order valence-corrected chi connectivity index (χ0v) is 19.2. The van der Waals surface area contributed by atoms with Crippen LogP contribution in [0.15, 0.2) is 53.4 Å². The van der Waals surface area contributed by atoms with Gasteiger partial charge in [0.05, 0.1) is 32.8 Å². The summed E-state index contributed by atoms with van der Waals surface area (Å²) < 4.78 is 68.0. The zero-order valence-electron chi connectivity index (χ0n) is 16.9. The Hall–Kier alpha value is -2.32. The zero-order chi connectivity index (χ0) is 24.6. The van der Waals surface area contributed by atoms with Gasteiger partial charge in [-0.3, -0.25) is 4.79 Å². The molecule has 12 heteroatoms. The number of carbonyl (C=O) groups excluding carboxylic acids is 1. The van der Waals surface area contributed by atoms with Crippen LogP contribution in [0.5, 0.6) is 0 Å². The monoisotopic (exact) mass is 519 g/mol. The van der Waals surface area contributed by atoms with Gasteiger partial charge in [-0.1, -0.05) is 53.5 Å². The van der Waals surface area contributed by atoms with E-state index in [1.807, 2.05) is 0 Å². The Bertz CT molecular complexity index is 1200. The smallest absolute Gasteiger partial charge is 0.319 e. The van der Waals surface area contributed by atoms with Crippen molar-refractivity contribution in [2.45, 2.75) is 41.5 Å². The minimum Gasteiger partial charge on any atom is -0.319 e. The van der Waals surface area contributed by atoms with Crippen molar-refractivity contribution in [2.24, 2.45) is 5.73 Å². The number of halogens is 5. The van der Waals surface area contributed by atoms with E-state index in [9.17, 15) is 31.6 Å². The van der Waals surface area contributed by atoms with E-state index in [1.165, 1.54) is 36.4 Å². The molecule has 0 unspecified atom stereocenters. The molecule has 1 saturated carbocycles. The Morgan fingerprint density at radius 3 is 2.24 bits per heavy atom.